The van der Waals surface area contributed by atoms with Gasteiger partial charge < -0.3 is 10.3 Å². The van der Waals surface area contributed by atoms with Gasteiger partial charge in [0.25, 0.3) is 0 Å². The number of rotatable bonds is 3. The van der Waals surface area contributed by atoms with Crippen LogP contribution in [0.2, 0.25) is 0 Å². The van der Waals surface area contributed by atoms with Crippen LogP contribution in [0.3, 0.4) is 0 Å². The fraction of sp³-hybridized carbons (Fsp3) is 0.250. The highest BCUT2D eigenvalue weighted by atomic mass is 19.1. The summed E-state index contributed by atoms with van der Waals surface area (Å²) >= 11 is 0. The maximum atomic E-state index is 13.8. The molecule has 1 aromatic heterocycles. The first-order valence-corrected chi connectivity index (χ1v) is 7.01. The van der Waals surface area contributed by atoms with Crippen LogP contribution in [-0.4, -0.2) is 10.1 Å². The van der Waals surface area contributed by atoms with Crippen LogP contribution >= 0.6 is 0 Å². The summed E-state index contributed by atoms with van der Waals surface area (Å²) in [7, 11) is 0. The Morgan fingerprint density at radius 1 is 1.14 bits per heavy atom. The number of aromatic nitrogens is 2. The van der Waals surface area contributed by atoms with E-state index in [0.717, 1.165) is 23.8 Å². The molecule has 1 saturated carbocycles. The van der Waals surface area contributed by atoms with Crippen molar-refractivity contribution in [2.75, 3.05) is 0 Å². The molecule has 2 aromatic carbocycles. The number of hydrogen-bond acceptors (Lipinski definition) is 4. The minimum Gasteiger partial charge on any atom is -0.337 e. The predicted octanol–water partition coefficient (Wildman–Crippen LogP) is 3.44. The second-order valence-electron chi connectivity index (χ2n) is 5.46. The van der Waals surface area contributed by atoms with Gasteiger partial charge in [0, 0.05) is 10.9 Å². The number of benzene rings is 2. The molecule has 0 aliphatic heterocycles. The first-order chi connectivity index (χ1) is 10.2. The number of halogens is 1. The molecule has 106 valence electrons. The molecule has 0 radical (unpaired) electrons. The van der Waals surface area contributed by atoms with Gasteiger partial charge in [-0.1, -0.05) is 29.4 Å². The normalized spacial score (nSPS) is 16.3. The van der Waals surface area contributed by atoms with Crippen molar-refractivity contribution in [2.24, 2.45) is 11.7 Å². The summed E-state index contributed by atoms with van der Waals surface area (Å²) in [6, 6.07) is 10.2. The topological polar surface area (TPSA) is 64.9 Å². The van der Waals surface area contributed by atoms with Crippen LogP contribution in [0.5, 0.6) is 0 Å². The fourth-order valence-electron chi connectivity index (χ4n) is 2.59. The zero-order chi connectivity index (χ0) is 14.4. The molecule has 1 heterocycles. The third-order valence-corrected chi connectivity index (χ3v) is 3.97. The largest absolute Gasteiger partial charge is 0.337 e. The minimum absolute atomic E-state index is 0.196. The second-order valence-corrected chi connectivity index (χ2v) is 5.46. The average Bonchev–Trinajstić information content (AvgIpc) is 3.25. The molecule has 1 aliphatic rings. The van der Waals surface area contributed by atoms with E-state index < -0.39 is 0 Å². The maximum absolute atomic E-state index is 13.8. The zero-order valence-electron chi connectivity index (χ0n) is 11.3. The molecule has 0 spiro atoms. The van der Waals surface area contributed by atoms with Crippen molar-refractivity contribution >= 4 is 10.8 Å². The van der Waals surface area contributed by atoms with E-state index in [1.165, 1.54) is 6.07 Å². The van der Waals surface area contributed by atoms with Crippen LogP contribution in [0.1, 0.15) is 24.8 Å². The molecule has 0 bridgehead atoms. The Hall–Kier alpha value is -2.27. The molecule has 0 amide bonds. The molecule has 1 atom stereocenters. The van der Waals surface area contributed by atoms with E-state index in [2.05, 4.69) is 10.1 Å². The standard InChI is InChI=1S/C16H14FN3O/c17-13-8-7-12(10-3-1-2-4-11(10)13)15-19-16(21-20-15)14(18)9-5-6-9/h1-4,7-9,14H,5-6,18H2. The number of hydrogen-bond donors (Lipinski definition) is 1. The van der Waals surface area contributed by atoms with Crippen LogP contribution in [0.15, 0.2) is 40.9 Å². The first kappa shape index (κ1) is 12.5. The quantitative estimate of drug-likeness (QED) is 0.799. The van der Waals surface area contributed by atoms with Gasteiger partial charge in [-0.05, 0) is 36.3 Å². The van der Waals surface area contributed by atoms with Crippen LogP contribution in [0.4, 0.5) is 4.39 Å². The van der Waals surface area contributed by atoms with Gasteiger partial charge in [-0.15, -0.1) is 0 Å². The number of nitrogens with two attached hydrogens (primary N) is 1. The highest BCUT2D eigenvalue weighted by Crippen LogP contribution is 2.39. The lowest BCUT2D eigenvalue weighted by Gasteiger charge is -2.04. The molecule has 4 rings (SSSR count). The van der Waals surface area contributed by atoms with Crippen molar-refractivity contribution in [2.45, 2.75) is 18.9 Å². The Balaban J connectivity index is 1.81. The van der Waals surface area contributed by atoms with Crippen molar-refractivity contribution in [1.82, 2.24) is 10.1 Å². The van der Waals surface area contributed by atoms with E-state index in [4.69, 9.17) is 10.3 Å². The summed E-state index contributed by atoms with van der Waals surface area (Å²) in [6.07, 6.45) is 2.22. The lowest BCUT2D eigenvalue weighted by atomic mass is 10.0. The van der Waals surface area contributed by atoms with Crippen molar-refractivity contribution in [3.8, 4) is 11.4 Å². The molecular formula is C16H14FN3O. The van der Waals surface area contributed by atoms with Crippen LogP contribution in [0.25, 0.3) is 22.2 Å². The second kappa shape index (κ2) is 4.63. The Morgan fingerprint density at radius 3 is 2.67 bits per heavy atom. The molecule has 1 aliphatic carbocycles. The van der Waals surface area contributed by atoms with Gasteiger partial charge in [0.1, 0.15) is 5.82 Å². The Bertz CT molecular complexity index is 810. The highest BCUT2D eigenvalue weighted by Gasteiger charge is 2.33. The van der Waals surface area contributed by atoms with Crippen molar-refractivity contribution in [3.63, 3.8) is 0 Å². The molecule has 1 fully saturated rings. The average molecular weight is 283 g/mol. The SMILES string of the molecule is NC(c1nc(-c2ccc(F)c3ccccc23)no1)C1CC1. The van der Waals surface area contributed by atoms with E-state index in [-0.39, 0.29) is 11.9 Å². The van der Waals surface area contributed by atoms with Gasteiger partial charge in [-0.25, -0.2) is 4.39 Å². The van der Waals surface area contributed by atoms with Crippen molar-refractivity contribution in [1.29, 1.82) is 0 Å². The molecule has 2 N–H and O–H groups in total. The smallest absolute Gasteiger partial charge is 0.244 e. The minimum atomic E-state index is -0.257. The molecule has 3 aromatic rings. The van der Waals surface area contributed by atoms with E-state index in [9.17, 15) is 4.39 Å². The van der Waals surface area contributed by atoms with E-state index in [1.54, 1.807) is 18.2 Å². The molecule has 5 heteroatoms. The van der Waals surface area contributed by atoms with Crippen LogP contribution in [-0.2, 0) is 0 Å². The summed E-state index contributed by atoms with van der Waals surface area (Å²) in [5.74, 6) is 1.11. The summed E-state index contributed by atoms with van der Waals surface area (Å²) in [4.78, 5) is 4.40. The lowest BCUT2D eigenvalue weighted by molar-refractivity contribution is 0.343. The molecular weight excluding hydrogens is 269 g/mol. The molecule has 4 nitrogen and oxygen atoms in total. The van der Waals surface area contributed by atoms with Gasteiger partial charge in [0.05, 0.1) is 6.04 Å². The molecule has 21 heavy (non-hydrogen) atoms. The van der Waals surface area contributed by atoms with E-state index in [0.29, 0.717) is 23.0 Å². The first-order valence-electron chi connectivity index (χ1n) is 7.01. The maximum Gasteiger partial charge on any atom is 0.244 e. The van der Waals surface area contributed by atoms with Gasteiger partial charge in [-0.3, -0.25) is 0 Å². The third-order valence-electron chi connectivity index (χ3n) is 3.97. The molecule has 0 saturated heterocycles. The molecule has 1 unspecified atom stereocenters. The van der Waals surface area contributed by atoms with Gasteiger partial charge in [0.2, 0.25) is 11.7 Å². The van der Waals surface area contributed by atoms with Crippen LogP contribution < -0.4 is 5.73 Å². The predicted molar refractivity (Wildman–Crippen MR) is 76.9 cm³/mol. The Morgan fingerprint density at radius 2 is 1.90 bits per heavy atom. The zero-order valence-corrected chi connectivity index (χ0v) is 11.3. The third kappa shape index (κ3) is 2.10. The highest BCUT2D eigenvalue weighted by molar-refractivity contribution is 5.95. The van der Waals surface area contributed by atoms with Crippen LogP contribution in [0, 0.1) is 11.7 Å². The Kier molecular flexibility index (Phi) is 2.75. The van der Waals surface area contributed by atoms with Gasteiger partial charge in [-0.2, -0.15) is 4.98 Å². The van der Waals surface area contributed by atoms with Gasteiger partial charge in [0.15, 0.2) is 0 Å². The monoisotopic (exact) mass is 283 g/mol. The lowest BCUT2D eigenvalue weighted by Crippen LogP contribution is -2.12. The van der Waals surface area contributed by atoms with Crippen molar-refractivity contribution in [3.05, 3.63) is 48.1 Å². The summed E-state index contributed by atoms with van der Waals surface area (Å²) < 4.78 is 19.1. The van der Waals surface area contributed by atoms with E-state index in [1.807, 2.05) is 12.1 Å². The summed E-state index contributed by atoms with van der Waals surface area (Å²) in [5, 5.41) is 5.33. The fourth-order valence-corrected chi connectivity index (χ4v) is 2.59. The summed E-state index contributed by atoms with van der Waals surface area (Å²) in [5.41, 5.74) is 6.83. The van der Waals surface area contributed by atoms with Gasteiger partial charge >= 0.3 is 0 Å². The summed E-state index contributed by atoms with van der Waals surface area (Å²) in [6.45, 7) is 0. The van der Waals surface area contributed by atoms with Crippen molar-refractivity contribution < 1.29 is 8.91 Å². The Labute approximate surface area is 120 Å². The number of fused-ring (bicyclic) bond motifs is 1. The van der Waals surface area contributed by atoms with E-state index >= 15 is 0 Å². The number of nitrogens with zero attached hydrogens (tertiary/aromatic N) is 2.